The minimum absolute atomic E-state index is 0.197. The first-order valence-electron chi connectivity index (χ1n) is 3.43. The number of rotatable bonds is 2. The molecule has 0 aromatic rings. The second kappa shape index (κ2) is 3.00. The molecule has 0 amide bonds. The molecule has 1 saturated heterocycles. The summed E-state index contributed by atoms with van der Waals surface area (Å²) >= 11 is 0. The summed E-state index contributed by atoms with van der Waals surface area (Å²) in [5.74, 6) is 2.67. The molecule has 1 aliphatic heterocycles. The summed E-state index contributed by atoms with van der Waals surface area (Å²) in [5, 5.41) is 1.14. The van der Waals surface area contributed by atoms with Gasteiger partial charge in [0.2, 0.25) is 0 Å². The van der Waals surface area contributed by atoms with Crippen LogP contribution in [0.2, 0.25) is 0 Å². The number of ether oxygens (including phenoxy) is 1. The van der Waals surface area contributed by atoms with Crippen molar-refractivity contribution in [3.63, 3.8) is 0 Å². The Morgan fingerprint density at radius 1 is 1.73 bits per heavy atom. The Balaban J connectivity index is 2.45. The molecule has 0 saturated carbocycles. The minimum Gasteiger partial charge on any atom is -0.383 e. The maximum atomic E-state index is 12.6. The van der Waals surface area contributed by atoms with E-state index in [4.69, 9.17) is 10.6 Å². The van der Waals surface area contributed by atoms with Crippen LogP contribution in [0, 0.1) is 0 Å². The summed E-state index contributed by atoms with van der Waals surface area (Å²) in [6.07, 6.45) is -0.197. The molecule has 0 spiro atoms. The molecule has 0 bridgehead atoms. The fourth-order valence-electron chi connectivity index (χ4n) is 1.27. The van der Waals surface area contributed by atoms with Crippen molar-refractivity contribution in [2.45, 2.75) is 18.4 Å². The number of alkyl halides is 2. The molecule has 0 aromatic heterocycles. The number of nitrogens with zero attached hydrogens (tertiary/aromatic N) is 1. The smallest absolute Gasteiger partial charge is 0.263 e. The minimum atomic E-state index is -2.64. The predicted octanol–water partition coefficient (Wildman–Crippen LogP) is 0.216. The Morgan fingerprint density at radius 2 is 2.36 bits per heavy atom. The van der Waals surface area contributed by atoms with Gasteiger partial charge in [0.1, 0.15) is 0 Å². The number of halogens is 2. The van der Waals surface area contributed by atoms with Crippen LogP contribution in [0.1, 0.15) is 6.42 Å². The van der Waals surface area contributed by atoms with Crippen LogP contribution in [0.3, 0.4) is 0 Å². The van der Waals surface area contributed by atoms with E-state index in [0.717, 1.165) is 5.01 Å². The zero-order valence-electron chi connectivity index (χ0n) is 6.39. The second-order valence-electron chi connectivity index (χ2n) is 2.84. The lowest BCUT2D eigenvalue weighted by atomic mass is 10.2. The SMILES string of the molecule is COC[C@H]1CC(F)(F)CN1N. The fraction of sp³-hybridized carbons (Fsp3) is 1.00. The normalized spacial score (nSPS) is 31.1. The number of hydrogen-bond donors (Lipinski definition) is 1. The standard InChI is InChI=1S/C6H12F2N2O/c1-11-3-5-2-6(7,8)4-10(5)9/h5H,2-4,9H2,1H3/t5-/m1/s1. The van der Waals surface area contributed by atoms with E-state index in [0.29, 0.717) is 0 Å². The van der Waals surface area contributed by atoms with Crippen molar-refractivity contribution in [3.8, 4) is 0 Å². The Kier molecular flexibility index (Phi) is 2.41. The first-order chi connectivity index (χ1) is 5.05. The molecule has 1 heterocycles. The molecule has 0 aliphatic carbocycles. The second-order valence-corrected chi connectivity index (χ2v) is 2.84. The highest BCUT2D eigenvalue weighted by Crippen LogP contribution is 2.29. The van der Waals surface area contributed by atoms with Gasteiger partial charge in [0.25, 0.3) is 5.92 Å². The first-order valence-corrected chi connectivity index (χ1v) is 3.43. The maximum Gasteiger partial charge on any atom is 0.263 e. The van der Waals surface area contributed by atoms with E-state index in [9.17, 15) is 8.78 Å². The summed E-state index contributed by atoms with van der Waals surface area (Å²) in [6, 6.07) is -0.338. The van der Waals surface area contributed by atoms with Crippen molar-refractivity contribution in [1.82, 2.24) is 5.01 Å². The Bertz CT molecular complexity index is 143. The Labute approximate surface area is 64.1 Å². The van der Waals surface area contributed by atoms with E-state index in [-0.39, 0.29) is 25.6 Å². The van der Waals surface area contributed by atoms with Crippen LogP contribution in [0.25, 0.3) is 0 Å². The van der Waals surface area contributed by atoms with Gasteiger partial charge in [-0.3, -0.25) is 5.84 Å². The van der Waals surface area contributed by atoms with Gasteiger partial charge in [0, 0.05) is 13.5 Å². The Hall–Kier alpha value is -0.260. The van der Waals surface area contributed by atoms with Crippen LogP contribution >= 0.6 is 0 Å². The predicted molar refractivity (Wildman–Crippen MR) is 36.1 cm³/mol. The maximum absolute atomic E-state index is 12.6. The molecule has 66 valence electrons. The summed E-state index contributed by atoms with van der Waals surface area (Å²) in [7, 11) is 1.48. The summed E-state index contributed by atoms with van der Waals surface area (Å²) in [6.45, 7) is -0.0902. The van der Waals surface area contributed by atoms with Crippen molar-refractivity contribution >= 4 is 0 Å². The van der Waals surface area contributed by atoms with Gasteiger partial charge in [-0.25, -0.2) is 13.8 Å². The van der Waals surface area contributed by atoms with Crippen LogP contribution in [0.15, 0.2) is 0 Å². The molecule has 11 heavy (non-hydrogen) atoms. The molecule has 0 aromatic carbocycles. The third kappa shape index (κ3) is 2.08. The van der Waals surface area contributed by atoms with Crippen LogP contribution in [-0.2, 0) is 4.74 Å². The van der Waals surface area contributed by atoms with Crippen LogP contribution in [0.4, 0.5) is 8.78 Å². The molecule has 1 rings (SSSR count). The van der Waals surface area contributed by atoms with E-state index in [1.54, 1.807) is 0 Å². The molecule has 0 radical (unpaired) electrons. The molecule has 1 fully saturated rings. The number of hydrogen-bond acceptors (Lipinski definition) is 3. The largest absolute Gasteiger partial charge is 0.383 e. The van der Waals surface area contributed by atoms with Gasteiger partial charge in [-0.15, -0.1) is 0 Å². The quantitative estimate of drug-likeness (QED) is 0.596. The van der Waals surface area contributed by atoms with Crippen molar-refractivity contribution in [3.05, 3.63) is 0 Å². The van der Waals surface area contributed by atoms with E-state index >= 15 is 0 Å². The van der Waals surface area contributed by atoms with Crippen molar-refractivity contribution in [1.29, 1.82) is 0 Å². The monoisotopic (exact) mass is 166 g/mol. The molecular formula is C6H12F2N2O. The zero-order valence-corrected chi connectivity index (χ0v) is 6.39. The Morgan fingerprint density at radius 3 is 2.73 bits per heavy atom. The zero-order chi connectivity index (χ0) is 8.48. The highest BCUT2D eigenvalue weighted by atomic mass is 19.3. The van der Waals surface area contributed by atoms with Gasteiger partial charge in [-0.05, 0) is 0 Å². The van der Waals surface area contributed by atoms with Crippen LogP contribution in [-0.4, -0.2) is 37.2 Å². The van der Waals surface area contributed by atoms with Crippen molar-refractivity contribution in [2.75, 3.05) is 20.3 Å². The highest BCUT2D eigenvalue weighted by molar-refractivity contribution is 4.87. The van der Waals surface area contributed by atoms with Gasteiger partial charge in [-0.2, -0.15) is 0 Å². The lowest BCUT2D eigenvalue weighted by molar-refractivity contribution is 0.0116. The lowest BCUT2D eigenvalue weighted by Crippen LogP contribution is -2.39. The van der Waals surface area contributed by atoms with E-state index in [1.807, 2.05) is 0 Å². The molecule has 3 nitrogen and oxygen atoms in total. The molecule has 1 atom stereocenters. The van der Waals surface area contributed by atoms with Crippen LogP contribution < -0.4 is 5.84 Å². The third-order valence-electron chi connectivity index (χ3n) is 1.78. The summed E-state index contributed by atoms with van der Waals surface area (Å²) in [5.41, 5.74) is 0. The van der Waals surface area contributed by atoms with Crippen molar-refractivity contribution < 1.29 is 13.5 Å². The first kappa shape index (κ1) is 8.83. The van der Waals surface area contributed by atoms with E-state index < -0.39 is 5.92 Å². The molecule has 2 N–H and O–H groups in total. The molecular weight excluding hydrogens is 154 g/mol. The third-order valence-corrected chi connectivity index (χ3v) is 1.78. The molecule has 0 unspecified atom stereocenters. The number of methoxy groups -OCH3 is 1. The summed E-state index contributed by atoms with van der Waals surface area (Å²) in [4.78, 5) is 0. The van der Waals surface area contributed by atoms with Gasteiger partial charge in [0.15, 0.2) is 0 Å². The van der Waals surface area contributed by atoms with Crippen molar-refractivity contribution in [2.24, 2.45) is 5.84 Å². The average molecular weight is 166 g/mol. The van der Waals surface area contributed by atoms with Gasteiger partial charge in [0.05, 0.1) is 19.2 Å². The van der Waals surface area contributed by atoms with E-state index in [2.05, 4.69) is 0 Å². The van der Waals surface area contributed by atoms with E-state index in [1.165, 1.54) is 7.11 Å². The number of hydrazine groups is 1. The average Bonchev–Trinajstić information content (AvgIpc) is 2.07. The fourth-order valence-corrected chi connectivity index (χ4v) is 1.27. The topological polar surface area (TPSA) is 38.5 Å². The number of nitrogens with two attached hydrogens (primary N) is 1. The van der Waals surface area contributed by atoms with Gasteiger partial charge < -0.3 is 4.74 Å². The van der Waals surface area contributed by atoms with Gasteiger partial charge >= 0.3 is 0 Å². The lowest BCUT2D eigenvalue weighted by Gasteiger charge is -2.15. The van der Waals surface area contributed by atoms with Gasteiger partial charge in [-0.1, -0.05) is 0 Å². The summed E-state index contributed by atoms with van der Waals surface area (Å²) < 4.78 is 29.9. The van der Waals surface area contributed by atoms with Crippen LogP contribution in [0.5, 0.6) is 0 Å². The molecule has 5 heteroatoms. The highest BCUT2D eigenvalue weighted by Gasteiger charge is 2.43. The molecule has 1 aliphatic rings.